The van der Waals surface area contributed by atoms with Gasteiger partial charge >= 0.3 is 0 Å². The number of carbonyl (C=O) groups is 1. The molecule has 0 aromatic rings. The van der Waals surface area contributed by atoms with E-state index < -0.39 is 19.1 Å². The topological polar surface area (TPSA) is 63.2 Å². The van der Waals surface area contributed by atoms with Crippen LogP contribution in [0.2, 0.25) is 6.04 Å². The van der Waals surface area contributed by atoms with Crippen LogP contribution >= 0.6 is 0 Å². The normalized spacial score (nSPS) is 43.3. The molecule has 0 aromatic carbocycles. The summed E-state index contributed by atoms with van der Waals surface area (Å²) in [5.41, 5.74) is -1.49. The highest BCUT2D eigenvalue weighted by molar-refractivity contribution is 7.11. The first-order valence-corrected chi connectivity index (χ1v) is 15.6. The van der Waals surface area contributed by atoms with Gasteiger partial charge < -0.3 is 28.5 Å². The Labute approximate surface area is 194 Å². The quantitative estimate of drug-likeness (QED) is 0.371. The van der Waals surface area contributed by atoms with Gasteiger partial charge in [0.1, 0.15) is 5.60 Å². The lowest BCUT2D eigenvalue weighted by atomic mass is 9.92. The number of carbonyl (C=O) groups excluding carboxylic acids is 1. The minimum atomic E-state index is -2.77. The Bertz CT molecular complexity index is 677. The zero-order valence-corrected chi connectivity index (χ0v) is 21.0. The van der Waals surface area contributed by atoms with Crippen LogP contribution in [0.3, 0.4) is 0 Å². The van der Waals surface area contributed by atoms with E-state index in [1.807, 2.05) is 0 Å². The average Bonchev–Trinajstić information content (AvgIpc) is 3.31. The SMILES string of the molecule is CCCCCCCCCCC1OCCC12OCCC1(CCO1)[Si]1(CCOC13CCO3)C2=O. The molecule has 7 heteroatoms. The van der Waals surface area contributed by atoms with E-state index in [1.54, 1.807) is 0 Å². The lowest BCUT2D eigenvalue weighted by molar-refractivity contribution is -0.252. The maximum absolute atomic E-state index is 14.7. The van der Waals surface area contributed by atoms with Crippen LogP contribution in [0.5, 0.6) is 0 Å². The summed E-state index contributed by atoms with van der Waals surface area (Å²) in [5, 5.41) is -0.0719. The van der Waals surface area contributed by atoms with Crippen LogP contribution in [-0.4, -0.2) is 68.9 Å². The fraction of sp³-hybridized carbons (Fsp3) is 0.960. The summed E-state index contributed by atoms with van der Waals surface area (Å²) in [4.78, 5) is 14.7. The van der Waals surface area contributed by atoms with Gasteiger partial charge in [0.05, 0.1) is 31.1 Å². The molecule has 0 amide bonds. The third kappa shape index (κ3) is 3.41. The van der Waals surface area contributed by atoms with E-state index in [9.17, 15) is 4.79 Å². The Kier molecular flexibility index (Phi) is 6.87. The number of unbranched alkanes of at least 4 members (excludes halogenated alkanes) is 7. The Balaban J connectivity index is 1.30. The lowest BCUT2D eigenvalue weighted by Gasteiger charge is -2.59. The van der Waals surface area contributed by atoms with Crippen LogP contribution < -0.4 is 0 Å². The molecule has 5 aliphatic rings. The minimum absolute atomic E-state index is 0.132. The van der Waals surface area contributed by atoms with Gasteiger partial charge in [-0.05, 0) is 25.3 Å². The van der Waals surface area contributed by atoms with Crippen molar-refractivity contribution in [3.8, 4) is 0 Å². The van der Waals surface area contributed by atoms with Crippen LogP contribution in [0.1, 0.15) is 90.4 Å². The molecule has 6 nitrogen and oxygen atoms in total. The molecule has 0 radical (unpaired) electrons. The predicted molar refractivity (Wildman–Crippen MR) is 123 cm³/mol. The summed E-state index contributed by atoms with van der Waals surface area (Å²) < 4.78 is 31.5. The van der Waals surface area contributed by atoms with Crippen molar-refractivity contribution < 1.29 is 28.5 Å². The third-order valence-corrected chi connectivity index (χ3v) is 15.4. The highest BCUT2D eigenvalue weighted by Gasteiger charge is 2.81. The second-order valence-corrected chi connectivity index (χ2v) is 15.1. The monoisotopic (exact) mass is 466 g/mol. The molecule has 0 aliphatic carbocycles. The Morgan fingerprint density at radius 1 is 0.781 bits per heavy atom. The van der Waals surface area contributed by atoms with Crippen molar-refractivity contribution in [1.29, 1.82) is 0 Å². The van der Waals surface area contributed by atoms with Gasteiger partial charge in [-0.25, -0.2) is 0 Å². The standard InChI is InChI=1S/C25H42O6Si/c1-2-3-4-5-6-7-8-9-10-21-24(13-15-27-21)22(26)32(20-19-31-25(32)14-18-30-25)23(11-16-28-23)12-17-29-24/h21H,2-20H2,1H3. The summed E-state index contributed by atoms with van der Waals surface area (Å²) in [6.07, 6.45) is 14.3. The zero-order valence-electron chi connectivity index (χ0n) is 20.0. The van der Waals surface area contributed by atoms with E-state index in [1.165, 1.54) is 44.9 Å². The molecule has 182 valence electrons. The molecule has 5 atom stereocenters. The summed E-state index contributed by atoms with van der Waals surface area (Å²) in [6.45, 7) is 5.49. The highest BCUT2D eigenvalue weighted by atomic mass is 28.3. The second kappa shape index (κ2) is 9.38. The van der Waals surface area contributed by atoms with Gasteiger partial charge in [-0.3, -0.25) is 0 Å². The molecule has 32 heavy (non-hydrogen) atoms. The zero-order chi connectivity index (χ0) is 22.1. The van der Waals surface area contributed by atoms with Crippen molar-refractivity contribution >= 4 is 13.5 Å². The summed E-state index contributed by atoms with van der Waals surface area (Å²) in [6, 6.07) is 0.807. The fourth-order valence-corrected chi connectivity index (χ4v) is 13.9. The van der Waals surface area contributed by atoms with Crippen LogP contribution in [0.15, 0.2) is 0 Å². The van der Waals surface area contributed by atoms with Crippen molar-refractivity contribution in [3.63, 3.8) is 0 Å². The maximum atomic E-state index is 14.7. The molecule has 0 bridgehead atoms. The second-order valence-electron chi connectivity index (χ2n) is 10.6. The Morgan fingerprint density at radius 2 is 1.47 bits per heavy atom. The van der Waals surface area contributed by atoms with E-state index in [0.717, 1.165) is 44.8 Å². The molecule has 0 N–H and O–H groups in total. The van der Waals surface area contributed by atoms with Crippen LogP contribution in [0.4, 0.5) is 0 Å². The van der Waals surface area contributed by atoms with Crippen molar-refractivity contribution in [2.24, 2.45) is 0 Å². The van der Waals surface area contributed by atoms with Crippen molar-refractivity contribution in [1.82, 2.24) is 0 Å². The van der Waals surface area contributed by atoms with Gasteiger partial charge in [0, 0.05) is 26.1 Å². The largest absolute Gasteiger partial charge is 0.377 e. The predicted octanol–water partition coefficient (Wildman–Crippen LogP) is 4.41. The molecular formula is C25H42O6Si. The number of hydrogen-bond acceptors (Lipinski definition) is 6. The number of ether oxygens (including phenoxy) is 5. The lowest BCUT2D eigenvalue weighted by Crippen LogP contribution is -2.83. The summed E-state index contributed by atoms with van der Waals surface area (Å²) in [5.74, 6) is 0. The number of hydrogen-bond donors (Lipinski definition) is 0. The van der Waals surface area contributed by atoms with Gasteiger partial charge in [-0.2, -0.15) is 0 Å². The van der Waals surface area contributed by atoms with Crippen molar-refractivity contribution in [2.75, 3.05) is 33.0 Å². The van der Waals surface area contributed by atoms with Crippen LogP contribution in [-0.2, 0) is 28.5 Å². The van der Waals surface area contributed by atoms with E-state index in [-0.39, 0.29) is 11.3 Å². The molecular weight excluding hydrogens is 424 g/mol. The third-order valence-electron chi connectivity index (χ3n) is 9.16. The van der Waals surface area contributed by atoms with Gasteiger partial charge in [0.2, 0.25) is 8.07 Å². The molecule has 5 aliphatic heterocycles. The number of rotatable bonds is 9. The first-order valence-electron chi connectivity index (χ1n) is 13.4. The van der Waals surface area contributed by atoms with Gasteiger partial charge in [-0.1, -0.05) is 58.3 Å². The first-order chi connectivity index (χ1) is 15.6. The average molecular weight is 467 g/mol. The molecule has 4 spiro atoms. The molecule has 0 saturated carbocycles. The van der Waals surface area contributed by atoms with E-state index >= 15 is 0 Å². The first kappa shape index (κ1) is 23.4. The van der Waals surface area contributed by atoms with Crippen molar-refractivity contribution in [3.05, 3.63) is 0 Å². The van der Waals surface area contributed by atoms with Gasteiger partial charge in [-0.15, -0.1) is 0 Å². The molecule has 0 aromatic heterocycles. The number of fused-ring (bicyclic) bond motifs is 2. The minimum Gasteiger partial charge on any atom is -0.377 e. The molecule has 5 saturated heterocycles. The Morgan fingerprint density at radius 3 is 2.12 bits per heavy atom. The van der Waals surface area contributed by atoms with E-state index in [4.69, 9.17) is 23.7 Å². The molecule has 5 fully saturated rings. The molecule has 5 rings (SSSR count). The summed E-state index contributed by atoms with van der Waals surface area (Å²) in [7, 11) is -2.77. The van der Waals surface area contributed by atoms with Crippen LogP contribution in [0, 0.1) is 0 Å². The Hall–Kier alpha value is -0.313. The highest BCUT2D eigenvalue weighted by Crippen LogP contribution is 2.59. The van der Waals surface area contributed by atoms with Crippen LogP contribution in [0.25, 0.3) is 0 Å². The molecule has 5 heterocycles. The smallest absolute Gasteiger partial charge is 0.241 e. The van der Waals surface area contributed by atoms with Gasteiger partial charge in [0.25, 0.3) is 0 Å². The fourth-order valence-electron chi connectivity index (χ4n) is 7.26. The summed E-state index contributed by atoms with van der Waals surface area (Å²) >= 11 is 0. The maximum Gasteiger partial charge on any atom is 0.241 e. The van der Waals surface area contributed by atoms with E-state index in [2.05, 4.69) is 6.92 Å². The van der Waals surface area contributed by atoms with Gasteiger partial charge in [0.15, 0.2) is 10.8 Å². The van der Waals surface area contributed by atoms with Crippen molar-refractivity contribution in [2.45, 2.75) is 119 Å². The van der Waals surface area contributed by atoms with E-state index in [0.29, 0.717) is 38.3 Å². The molecule has 5 unspecified atom stereocenters.